The molecule has 1 unspecified atom stereocenters. The summed E-state index contributed by atoms with van der Waals surface area (Å²) in [6, 6.07) is 21.1. The van der Waals surface area contributed by atoms with Crippen LogP contribution in [-0.2, 0) is 0 Å². The van der Waals surface area contributed by atoms with Gasteiger partial charge in [-0.1, -0.05) is 42.5 Å². The van der Waals surface area contributed by atoms with Crippen LogP contribution >= 0.6 is 0 Å². The minimum atomic E-state index is -0.187. The van der Waals surface area contributed by atoms with E-state index in [9.17, 15) is 4.79 Å². The molecule has 0 aliphatic carbocycles. The fraction of sp³-hybridized carbons (Fsp3) is 0.143. The van der Waals surface area contributed by atoms with E-state index in [0.717, 1.165) is 27.6 Å². The van der Waals surface area contributed by atoms with Crippen LogP contribution in [0.5, 0.6) is 0 Å². The van der Waals surface area contributed by atoms with Crippen molar-refractivity contribution in [3.05, 3.63) is 78.2 Å². The van der Waals surface area contributed by atoms with Crippen LogP contribution in [0.1, 0.15) is 29.2 Å². The van der Waals surface area contributed by atoms with Gasteiger partial charge in [0.1, 0.15) is 17.0 Å². The molecule has 0 N–H and O–H groups in total. The number of pyridine rings is 1. The third kappa shape index (κ3) is 2.76. The van der Waals surface area contributed by atoms with Crippen LogP contribution in [0.2, 0.25) is 0 Å². The van der Waals surface area contributed by atoms with Crippen LogP contribution < -0.4 is 0 Å². The summed E-state index contributed by atoms with van der Waals surface area (Å²) >= 11 is 0. The van der Waals surface area contributed by atoms with Crippen LogP contribution in [-0.4, -0.2) is 22.8 Å². The number of furan rings is 1. The number of hydrogen-bond donors (Lipinski definition) is 0. The molecule has 0 saturated carbocycles. The van der Waals surface area contributed by atoms with Gasteiger partial charge < -0.3 is 9.32 Å². The van der Waals surface area contributed by atoms with Crippen molar-refractivity contribution in [1.82, 2.24) is 9.88 Å². The Morgan fingerprint density at radius 3 is 2.52 bits per heavy atom. The van der Waals surface area contributed by atoms with Crippen molar-refractivity contribution in [2.24, 2.45) is 0 Å². The summed E-state index contributed by atoms with van der Waals surface area (Å²) in [5.74, 6) is 0.636. The van der Waals surface area contributed by atoms with Crippen molar-refractivity contribution in [1.29, 1.82) is 0 Å². The number of benzene rings is 2. The van der Waals surface area contributed by atoms with Gasteiger partial charge in [-0.05, 0) is 31.2 Å². The molecule has 0 aliphatic heterocycles. The molecule has 124 valence electrons. The van der Waals surface area contributed by atoms with E-state index in [1.807, 2.05) is 67.6 Å². The normalized spacial score (nSPS) is 12.4. The Labute approximate surface area is 145 Å². The Kier molecular flexibility index (Phi) is 3.73. The molecular formula is C21H18N2O2. The van der Waals surface area contributed by atoms with Gasteiger partial charge in [-0.2, -0.15) is 0 Å². The van der Waals surface area contributed by atoms with E-state index >= 15 is 0 Å². The minimum Gasteiger partial charge on any atom is -0.459 e. The van der Waals surface area contributed by atoms with E-state index in [1.54, 1.807) is 18.0 Å². The van der Waals surface area contributed by atoms with Gasteiger partial charge in [0.05, 0.1) is 11.6 Å². The molecule has 1 atom stereocenters. The average molecular weight is 330 g/mol. The summed E-state index contributed by atoms with van der Waals surface area (Å²) in [5.41, 5.74) is 2.08. The van der Waals surface area contributed by atoms with Gasteiger partial charge in [-0.15, -0.1) is 0 Å². The zero-order valence-electron chi connectivity index (χ0n) is 14.1. The van der Waals surface area contributed by atoms with E-state index in [4.69, 9.17) is 4.42 Å². The molecule has 2 heterocycles. The second-order valence-corrected chi connectivity index (χ2v) is 6.17. The van der Waals surface area contributed by atoms with E-state index < -0.39 is 0 Å². The molecule has 0 bridgehead atoms. The molecule has 4 aromatic rings. The van der Waals surface area contributed by atoms with Gasteiger partial charge in [0.25, 0.3) is 5.91 Å². The van der Waals surface area contributed by atoms with Gasteiger partial charge in [-0.3, -0.25) is 4.79 Å². The maximum absolute atomic E-state index is 12.8. The largest absolute Gasteiger partial charge is 0.459 e. The maximum atomic E-state index is 12.8. The van der Waals surface area contributed by atoms with Crippen LogP contribution in [0.3, 0.4) is 0 Å². The molecule has 0 aliphatic rings. The van der Waals surface area contributed by atoms with Crippen LogP contribution in [0, 0.1) is 0 Å². The van der Waals surface area contributed by atoms with Crippen LogP contribution in [0.4, 0.5) is 0 Å². The highest BCUT2D eigenvalue weighted by Crippen LogP contribution is 2.27. The first-order valence-corrected chi connectivity index (χ1v) is 8.25. The number of para-hydroxylation sites is 2. The molecule has 2 aromatic carbocycles. The lowest BCUT2D eigenvalue weighted by Gasteiger charge is -2.23. The summed E-state index contributed by atoms with van der Waals surface area (Å²) in [4.78, 5) is 19.0. The smallest absolute Gasteiger partial charge is 0.272 e. The summed E-state index contributed by atoms with van der Waals surface area (Å²) in [6.07, 6.45) is 0. The van der Waals surface area contributed by atoms with Crippen molar-refractivity contribution in [2.45, 2.75) is 13.0 Å². The Morgan fingerprint density at radius 1 is 1.00 bits per heavy atom. The number of aromatic nitrogens is 1. The molecule has 0 spiro atoms. The Morgan fingerprint density at radius 2 is 1.72 bits per heavy atom. The molecule has 2 aromatic heterocycles. The van der Waals surface area contributed by atoms with Gasteiger partial charge >= 0.3 is 0 Å². The standard InChI is InChI=1S/C21H18N2O2/c1-14(20-13-16-8-4-6-10-19(16)25-20)23(2)21(24)18-12-11-15-7-3-5-9-17(15)22-18/h3-14H,1-2H3. The second-order valence-electron chi connectivity index (χ2n) is 6.17. The molecule has 4 rings (SSSR count). The number of hydrogen-bond acceptors (Lipinski definition) is 3. The predicted octanol–water partition coefficient (Wildman–Crippen LogP) is 4.81. The predicted molar refractivity (Wildman–Crippen MR) is 98.5 cm³/mol. The quantitative estimate of drug-likeness (QED) is 0.541. The lowest BCUT2D eigenvalue weighted by molar-refractivity contribution is 0.0722. The Bertz CT molecular complexity index is 1030. The topological polar surface area (TPSA) is 46.3 Å². The first kappa shape index (κ1) is 15.4. The molecule has 4 nitrogen and oxygen atoms in total. The average Bonchev–Trinajstić information content (AvgIpc) is 3.10. The number of rotatable bonds is 3. The lowest BCUT2D eigenvalue weighted by Crippen LogP contribution is -2.30. The monoisotopic (exact) mass is 330 g/mol. The number of carbonyl (C=O) groups excluding carboxylic acids is 1. The number of carbonyl (C=O) groups is 1. The van der Waals surface area contributed by atoms with Crippen molar-refractivity contribution in [2.75, 3.05) is 7.05 Å². The van der Waals surface area contributed by atoms with Gasteiger partial charge in [0.15, 0.2) is 0 Å². The molecule has 0 radical (unpaired) electrons. The fourth-order valence-corrected chi connectivity index (χ4v) is 2.94. The highest BCUT2D eigenvalue weighted by Gasteiger charge is 2.22. The van der Waals surface area contributed by atoms with E-state index in [2.05, 4.69) is 4.98 Å². The van der Waals surface area contributed by atoms with Gasteiger partial charge in [-0.25, -0.2) is 4.98 Å². The highest BCUT2D eigenvalue weighted by molar-refractivity contribution is 5.95. The summed E-state index contributed by atoms with van der Waals surface area (Å²) in [7, 11) is 1.77. The summed E-state index contributed by atoms with van der Waals surface area (Å²) in [6.45, 7) is 1.96. The Balaban J connectivity index is 1.63. The molecule has 4 heteroatoms. The van der Waals surface area contributed by atoms with Crippen molar-refractivity contribution < 1.29 is 9.21 Å². The lowest BCUT2D eigenvalue weighted by atomic mass is 10.1. The SMILES string of the molecule is CC(c1cc2ccccc2o1)N(C)C(=O)c1ccc2ccccc2n1. The van der Waals surface area contributed by atoms with Gasteiger partial charge in [0, 0.05) is 17.8 Å². The van der Waals surface area contributed by atoms with Crippen molar-refractivity contribution >= 4 is 27.8 Å². The summed E-state index contributed by atoms with van der Waals surface area (Å²) < 4.78 is 5.89. The van der Waals surface area contributed by atoms with Crippen LogP contribution in [0.25, 0.3) is 21.9 Å². The fourth-order valence-electron chi connectivity index (χ4n) is 2.94. The first-order chi connectivity index (χ1) is 12.1. The highest BCUT2D eigenvalue weighted by atomic mass is 16.3. The van der Waals surface area contributed by atoms with Crippen molar-refractivity contribution in [3.8, 4) is 0 Å². The van der Waals surface area contributed by atoms with E-state index in [0.29, 0.717) is 5.69 Å². The molecule has 0 fully saturated rings. The molecular weight excluding hydrogens is 312 g/mol. The van der Waals surface area contributed by atoms with E-state index in [-0.39, 0.29) is 11.9 Å². The molecule has 0 saturated heterocycles. The van der Waals surface area contributed by atoms with Crippen molar-refractivity contribution in [3.63, 3.8) is 0 Å². The molecule has 25 heavy (non-hydrogen) atoms. The third-order valence-electron chi connectivity index (χ3n) is 4.58. The number of amides is 1. The second kappa shape index (κ2) is 6.06. The number of fused-ring (bicyclic) bond motifs is 2. The third-order valence-corrected chi connectivity index (χ3v) is 4.58. The van der Waals surface area contributed by atoms with E-state index in [1.165, 1.54) is 0 Å². The van der Waals surface area contributed by atoms with Crippen LogP contribution in [0.15, 0.2) is 71.1 Å². The zero-order valence-corrected chi connectivity index (χ0v) is 14.1. The van der Waals surface area contributed by atoms with Gasteiger partial charge in [0.2, 0.25) is 0 Å². The molecule has 1 amide bonds. The zero-order chi connectivity index (χ0) is 17.4. The summed E-state index contributed by atoms with van der Waals surface area (Å²) in [5, 5.41) is 2.06. The first-order valence-electron chi connectivity index (χ1n) is 8.25. The number of nitrogens with zero attached hydrogens (tertiary/aromatic N) is 2. The Hall–Kier alpha value is -3.14. The minimum absolute atomic E-state index is 0.126. The maximum Gasteiger partial charge on any atom is 0.272 e.